The molecule has 1 aliphatic heterocycles. The molecule has 0 atom stereocenters. The van der Waals surface area contributed by atoms with Crippen molar-refractivity contribution in [3.8, 4) is 0 Å². The first-order valence-electron chi connectivity index (χ1n) is 6.78. The smallest absolute Gasteiger partial charge is 0.303 e. The minimum atomic E-state index is -0.674. The molecule has 0 spiro atoms. The van der Waals surface area contributed by atoms with Crippen LogP contribution in [0.1, 0.15) is 39.5 Å². The summed E-state index contributed by atoms with van der Waals surface area (Å²) in [5, 5.41) is 8.57. The molecule has 0 radical (unpaired) electrons. The summed E-state index contributed by atoms with van der Waals surface area (Å²) in [5.41, 5.74) is 0. The van der Waals surface area contributed by atoms with Gasteiger partial charge in [-0.15, -0.1) is 0 Å². The van der Waals surface area contributed by atoms with E-state index in [9.17, 15) is 4.79 Å². The normalized spacial score (nSPS) is 19.5. The Morgan fingerprint density at radius 2 is 1.94 bits per heavy atom. The zero-order chi connectivity index (χ0) is 12.7. The van der Waals surface area contributed by atoms with E-state index in [1.54, 1.807) is 0 Å². The molecule has 0 aromatic heterocycles. The lowest BCUT2D eigenvalue weighted by Crippen LogP contribution is -2.35. The summed E-state index contributed by atoms with van der Waals surface area (Å²) < 4.78 is 0. The summed E-state index contributed by atoms with van der Waals surface area (Å²) in [5.74, 6) is -0.674. The van der Waals surface area contributed by atoms with Crippen LogP contribution in [0.25, 0.3) is 0 Å². The number of nitrogens with zero attached hydrogens (tertiary/aromatic N) is 2. The van der Waals surface area contributed by atoms with Crippen LogP contribution in [-0.2, 0) is 4.79 Å². The third-order valence-corrected chi connectivity index (χ3v) is 3.47. The van der Waals surface area contributed by atoms with Gasteiger partial charge in [0.1, 0.15) is 0 Å². The fraction of sp³-hybridized carbons (Fsp3) is 0.923. The van der Waals surface area contributed by atoms with Crippen molar-refractivity contribution in [2.75, 3.05) is 32.7 Å². The molecule has 4 heteroatoms. The Bertz CT molecular complexity index is 231. The van der Waals surface area contributed by atoms with Gasteiger partial charge < -0.3 is 10.0 Å². The number of carboxylic acids is 1. The Morgan fingerprint density at radius 3 is 2.59 bits per heavy atom. The van der Waals surface area contributed by atoms with Crippen LogP contribution in [0.5, 0.6) is 0 Å². The van der Waals surface area contributed by atoms with Crippen molar-refractivity contribution in [1.29, 1.82) is 0 Å². The minimum Gasteiger partial charge on any atom is -0.481 e. The van der Waals surface area contributed by atoms with Crippen LogP contribution in [0.15, 0.2) is 0 Å². The SMILES string of the molecule is CC(C)N1CCCN(CCCCC(=O)O)CC1. The predicted molar refractivity (Wildman–Crippen MR) is 69.3 cm³/mol. The molecule has 0 saturated carbocycles. The van der Waals surface area contributed by atoms with Crippen LogP contribution in [-0.4, -0.2) is 59.6 Å². The maximum absolute atomic E-state index is 10.4. The molecule has 1 heterocycles. The molecule has 0 amide bonds. The molecule has 1 N–H and O–H groups in total. The lowest BCUT2D eigenvalue weighted by Gasteiger charge is -2.24. The molecule has 0 unspecified atom stereocenters. The Balaban J connectivity index is 2.16. The summed E-state index contributed by atoms with van der Waals surface area (Å²) >= 11 is 0. The Kier molecular flexibility index (Phi) is 6.52. The molecule has 4 nitrogen and oxygen atoms in total. The molecule has 0 bridgehead atoms. The van der Waals surface area contributed by atoms with Gasteiger partial charge in [-0.2, -0.15) is 0 Å². The summed E-state index contributed by atoms with van der Waals surface area (Å²) in [4.78, 5) is 15.4. The van der Waals surface area contributed by atoms with Gasteiger partial charge in [0, 0.05) is 25.6 Å². The Labute approximate surface area is 105 Å². The molecule has 0 aromatic carbocycles. The number of carbonyl (C=O) groups is 1. The molecule has 0 aliphatic carbocycles. The van der Waals surface area contributed by atoms with Gasteiger partial charge in [0.2, 0.25) is 0 Å². The number of rotatable bonds is 6. The highest BCUT2D eigenvalue weighted by molar-refractivity contribution is 5.66. The second-order valence-electron chi connectivity index (χ2n) is 5.18. The summed E-state index contributed by atoms with van der Waals surface area (Å²) in [6, 6.07) is 0.641. The van der Waals surface area contributed by atoms with E-state index in [-0.39, 0.29) is 0 Å². The average molecular weight is 242 g/mol. The van der Waals surface area contributed by atoms with Gasteiger partial charge in [0.15, 0.2) is 0 Å². The monoisotopic (exact) mass is 242 g/mol. The Hall–Kier alpha value is -0.610. The highest BCUT2D eigenvalue weighted by Crippen LogP contribution is 2.08. The van der Waals surface area contributed by atoms with Crippen LogP contribution in [0.2, 0.25) is 0 Å². The predicted octanol–water partition coefficient (Wildman–Crippen LogP) is 1.66. The van der Waals surface area contributed by atoms with Crippen molar-refractivity contribution in [2.24, 2.45) is 0 Å². The Morgan fingerprint density at radius 1 is 1.18 bits per heavy atom. The first kappa shape index (κ1) is 14.5. The van der Waals surface area contributed by atoms with Crippen LogP contribution in [0.4, 0.5) is 0 Å². The van der Waals surface area contributed by atoms with E-state index < -0.39 is 5.97 Å². The number of aliphatic carboxylic acids is 1. The molecular formula is C13H26N2O2. The highest BCUT2D eigenvalue weighted by atomic mass is 16.4. The van der Waals surface area contributed by atoms with Crippen LogP contribution in [0, 0.1) is 0 Å². The fourth-order valence-electron chi connectivity index (χ4n) is 2.34. The first-order valence-corrected chi connectivity index (χ1v) is 6.78. The molecule has 1 aliphatic rings. The van der Waals surface area contributed by atoms with E-state index in [1.165, 1.54) is 13.0 Å². The van der Waals surface area contributed by atoms with Crippen molar-refractivity contribution in [3.05, 3.63) is 0 Å². The number of hydrogen-bond acceptors (Lipinski definition) is 3. The zero-order valence-electron chi connectivity index (χ0n) is 11.2. The minimum absolute atomic E-state index is 0.311. The lowest BCUT2D eigenvalue weighted by molar-refractivity contribution is -0.137. The van der Waals surface area contributed by atoms with E-state index in [0.717, 1.165) is 39.0 Å². The summed E-state index contributed by atoms with van der Waals surface area (Å²) in [7, 11) is 0. The van der Waals surface area contributed by atoms with Crippen LogP contribution < -0.4 is 0 Å². The quantitative estimate of drug-likeness (QED) is 0.719. The van der Waals surface area contributed by atoms with Crippen molar-refractivity contribution >= 4 is 5.97 Å². The van der Waals surface area contributed by atoms with Gasteiger partial charge in [0.05, 0.1) is 0 Å². The first-order chi connectivity index (χ1) is 8.09. The molecule has 1 rings (SSSR count). The lowest BCUT2D eigenvalue weighted by atomic mass is 10.2. The van der Waals surface area contributed by atoms with Crippen molar-refractivity contribution in [2.45, 2.75) is 45.6 Å². The van der Waals surface area contributed by atoms with Gasteiger partial charge in [-0.1, -0.05) is 0 Å². The average Bonchev–Trinajstić information content (AvgIpc) is 2.49. The number of carboxylic acid groups (broad SMARTS) is 1. The van der Waals surface area contributed by atoms with E-state index in [0.29, 0.717) is 12.5 Å². The molecule has 100 valence electrons. The van der Waals surface area contributed by atoms with Crippen LogP contribution >= 0.6 is 0 Å². The number of hydrogen-bond donors (Lipinski definition) is 1. The summed E-state index contributed by atoms with van der Waals surface area (Å²) in [6.07, 6.45) is 3.36. The molecule has 17 heavy (non-hydrogen) atoms. The van der Waals surface area contributed by atoms with E-state index in [2.05, 4.69) is 23.6 Å². The molecular weight excluding hydrogens is 216 g/mol. The third-order valence-electron chi connectivity index (χ3n) is 3.47. The third kappa shape index (κ3) is 6.03. The maximum atomic E-state index is 10.4. The largest absolute Gasteiger partial charge is 0.481 e. The van der Waals surface area contributed by atoms with Gasteiger partial charge in [-0.3, -0.25) is 9.69 Å². The van der Waals surface area contributed by atoms with Crippen molar-refractivity contribution in [1.82, 2.24) is 9.80 Å². The fourth-order valence-corrected chi connectivity index (χ4v) is 2.34. The second-order valence-corrected chi connectivity index (χ2v) is 5.18. The number of unbranched alkanes of at least 4 members (excludes halogenated alkanes) is 1. The van der Waals surface area contributed by atoms with Crippen LogP contribution in [0.3, 0.4) is 0 Å². The van der Waals surface area contributed by atoms with Gasteiger partial charge in [-0.05, 0) is 52.7 Å². The maximum Gasteiger partial charge on any atom is 0.303 e. The molecule has 1 fully saturated rings. The van der Waals surface area contributed by atoms with Crippen molar-refractivity contribution in [3.63, 3.8) is 0 Å². The van der Waals surface area contributed by atoms with E-state index in [4.69, 9.17) is 5.11 Å². The highest BCUT2D eigenvalue weighted by Gasteiger charge is 2.16. The van der Waals surface area contributed by atoms with Gasteiger partial charge in [-0.25, -0.2) is 0 Å². The molecule has 0 aromatic rings. The molecule has 1 saturated heterocycles. The second kappa shape index (κ2) is 7.67. The van der Waals surface area contributed by atoms with Crippen molar-refractivity contribution < 1.29 is 9.90 Å². The van der Waals surface area contributed by atoms with Gasteiger partial charge in [0.25, 0.3) is 0 Å². The standard InChI is InChI=1S/C13H26N2O2/c1-12(2)15-9-5-8-14(10-11-15)7-4-3-6-13(16)17/h12H,3-11H2,1-2H3,(H,16,17). The van der Waals surface area contributed by atoms with E-state index >= 15 is 0 Å². The van der Waals surface area contributed by atoms with Gasteiger partial charge >= 0.3 is 5.97 Å². The summed E-state index contributed by atoms with van der Waals surface area (Å²) in [6.45, 7) is 10.2. The van der Waals surface area contributed by atoms with E-state index in [1.807, 2.05) is 0 Å². The zero-order valence-corrected chi connectivity index (χ0v) is 11.2. The topological polar surface area (TPSA) is 43.8 Å².